The predicted molar refractivity (Wildman–Crippen MR) is 111 cm³/mol. The summed E-state index contributed by atoms with van der Waals surface area (Å²) in [4.78, 5) is 35.3. The Hall–Kier alpha value is -2.41. The first-order chi connectivity index (χ1) is 13.7. The van der Waals surface area contributed by atoms with E-state index >= 15 is 0 Å². The van der Waals surface area contributed by atoms with Gasteiger partial charge in [-0.05, 0) is 55.6 Å². The van der Waals surface area contributed by atoms with Crippen LogP contribution < -0.4 is 11.1 Å². The van der Waals surface area contributed by atoms with E-state index < -0.39 is 29.7 Å². The number of aliphatic hydroxyl groups is 1. The molecule has 0 saturated carbocycles. The van der Waals surface area contributed by atoms with E-state index in [9.17, 15) is 14.4 Å². The summed E-state index contributed by atoms with van der Waals surface area (Å²) in [7, 11) is 0. The van der Waals surface area contributed by atoms with Crippen molar-refractivity contribution in [3.05, 3.63) is 35.4 Å². The maximum atomic E-state index is 12.6. The lowest BCUT2D eigenvalue weighted by Gasteiger charge is -2.21. The molecule has 0 heterocycles. The fourth-order valence-electron chi connectivity index (χ4n) is 3.25. The zero-order chi connectivity index (χ0) is 21.8. The van der Waals surface area contributed by atoms with Crippen molar-refractivity contribution in [1.29, 1.82) is 0 Å². The number of aliphatic carboxylic acids is 1. The van der Waals surface area contributed by atoms with Crippen LogP contribution >= 0.6 is 0 Å². The van der Waals surface area contributed by atoms with Gasteiger partial charge in [-0.25, -0.2) is 0 Å². The molecule has 0 aliphatic rings. The molecule has 0 fully saturated rings. The van der Waals surface area contributed by atoms with Crippen LogP contribution in [0.15, 0.2) is 24.3 Å². The van der Waals surface area contributed by atoms with Crippen LogP contribution in [0.5, 0.6) is 0 Å². The van der Waals surface area contributed by atoms with Gasteiger partial charge < -0.3 is 21.3 Å². The number of aryl methyl sites for hydroxylation is 2. The van der Waals surface area contributed by atoms with Crippen molar-refractivity contribution in [2.45, 2.75) is 64.8 Å². The van der Waals surface area contributed by atoms with Gasteiger partial charge in [-0.3, -0.25) is 14.4 Å². The largest absolute Gasteiger partial charge is 0.481 e. The Morgan fingerprint density at radius 2 is 1.59 bits per heavy atom. The van der Waals surface area contributed by atoms with Gasteiger partial charge in [-0.1, -0.05) is 38.1 Å². The molecule has 0 spiro atoms. The minimum absolute atomic E-state index is 0.169. The van der Waals surface area contributed by atoms with Crippen LogP contribution in [0, 0.1) is 11.8 Å². The first-order valence-electron chi connectivity index (χ1n) is 10.2. The number of carbonyl (C=O) groups excluding carboxylic acids is 2. The molecular formula is C22H34N2O5. The smallest absolute Gasteiger partial charge is 0.304 e. The van der Waals surface area contributed by atoms with E-state index in [1.165, 1.54) is 0 Å². The number of benzene rings is 1. The quantitative estimate of drug-likeness (QED) is 0.376. The van der Waals surface area contributed by atoms with Gasteiger partial charge in [-0.2, -0.15) is 0 Å². The molecule has 0 aromatic heterocycles. The first kappa shape index (κ1) is 24.6. The Kier molecular flexibility index (Phi) is 11.0. The Bertz CT molecular complexity index is 658. The number of primary amides is 1. The van der Waals surface area contributed by atoms with Crippen molar-refractivity contribution in [3.63, 3.8) is 0 Å². The van der Waals surface area contributed by atoms with Crippen molar-refractivity contribution in [1.82, 2.24) is 5.32 Å². The van der Waals surface area contributed by atoms with E-state index in [0.717, 1.165) is 30.4 Å². The van der Waals surface area contributed by atoms with Gasteiger partial charge in [0.25, 0.3) is 0 Å². The predicted octanol–water partition coefficient (Wildman–Crippen LogP) is 2.04. The van der Waals surface area contributed by atoms with Crippen molar-refractivity contribution < 1.29 is 24.6 Å². The second kappa shape index (κ2) is 12.9. The van der Waals surface area contributed by atoms with Gasteiger partial charge in [0.2, 0.25) is 11.8 Å². The lowest BCUT2D eigenvalue weighted by molar-refractivity contribution is -0.141. The Morgan fingerprint density at radius 3 is 2.03 bits per heavy atom. The SMILES string of the molecule is CC(C)CC(NC(=O)C(CCCc1ccc(CCCO)cc1)CC(=O)O)C(N)=O. The Morgan fingerprint density at radius 1 is 1.03 bits per heavy atom. The van der Waals surface area contributed by atoms with E-state index in [4.69, 9.17) is 15.9 Å². The third kappa shape index (κ3) is 10.1. The number of carbonyl (C=O) groups is 3. The molecule has 2 amide bonds. The molecule has 1 rings (SSSR count). The first-order valence-corrected chi connectivity index (χ1v) is 10.2. The standard InChI is InChI=1S/C22H34N2O5/c1-15(2)13-19(21(23)28)24-22(29)18(14-20(26)27)7-3-5-16-8-10-17(11-9-16)6-4-12-25/h8-11,15,18-19,25H,3-7,12-14H2,1-2H3,(H2,23,28)(H,24,29)(H,26,27). The zero-order valence-electron chi connectivity index (χ0n) is 17.4. The number of hydrogen-bond acceptors (Lipinski definition) is 4. The molecule has 0 saturated heterocycles. The number of amides is 2. The number of carboxylic acids is 1. The molecule has 0 aliphatic heterocycles. The Balaban J connectivity index is 2.62. The van der Waals surface area contributed by atoms with Crippen LogP contribution in [-0.2, 0) is 27.2 Å². The molecule has 7 heteroatoms. The van der Waals surface area contributed by atoms with Crippen LogP contribution in [0.1, 0.15) is 57.1 Å². The maximum Gasteiger partial charge on any atom is 0.304 e. The number of carboxylic acid groups (broad SMARTS) is 1. The van der Waals surface area contributed by atoms with Gasteiger partial charge in [0, 0.05) is 12.5 Å². The lowest BCUT2D eigenvalue weighted by Crippen LogP contribution is -2.47. The highest BCUT2D eigenvalue weighted by atomic mass is 16.4. The second-order valence-electron chi connectivity index (χ2n) is 7.92. The van der Waals surface area contributed by atoms with Crippen LogP contribution in [0.25, 0.3) is 0 Å². The van der Waals surface area contributed by atoms with Crippen LogP contribution in [0.3, 0.4) is 0 Å². The van der Waals surface area contributed by atoms with E-state index in [2.05, 4.69) is 5.32 Å². The topological polar surface area (TPSA) is 130 Å². The molecule has 1 aromatic carbocycles. The monoisotopic (exact) mass is 406 g/mol. The highest BCUT2D eigenvalue weighted by Crippen LogP contribution is 2.17. The van der Waals surface area contributed by atoms with Crippen LogP contribution in [0.2, 0.25) is 0 Å². The van der Waals surface area contributed by atoms with Gasteiger partial charge in [0.15, 0.2) is 0 Å². The summed E-state index contributed by atoms with van der Waals surface area (Å²) in [6.07, 6.45) is 3.51. The minimum Gasteiger partial charge on any atom is -0.481 e. The molecule has 162 valence electrons. The third-order valence-corrected chi connectivity index (χ3v) is 4.82. The average Bonchev–Trinajstić information content (AvgIpc) is 2.65. The van der Waals surface area contributed by atoms with Crippen molar-refractivity contribution in [2.24, 2.45) is 17.6 Å². The van der Waals surface area contributed by atoms with Gasteiger partial charge in [-0.15, -0.1) is 0 Å². The molecule has 1 aromatic rings. The minimum atomic E-state index is -1.04. The van der Waals surface area contributed by atoms with Crippen molar-refractivity contribution in [3.8, 4) is 0 Å². The fraction of sp³-hybridized carbons (Fsp3) is 0.591. The van der Waals surface area contributed by atoms with Crippen LogP contribution in [0.4, 0.5) is 0 Å². The van der Waals surface area contributed by atoms with E-state index in [0.29, 0.717) is 19.3 Å². The van der Waals surface area contributed by atoms with Gasteiger partial charge in [0.05, 0.1) is 6.42 Å². The summed E-state index contributed by atoms with van der Waals surface area (Å²) in [5.74, 6) is -2.62. The van der Waals surface area contributed by atoms with Crippen LogP contribution in [-0.4, -0.2) is 40.6 Å². The summed E-state index contributed by atoms with van der Waals surface area (Å²) in [5, 5.41) is 20.7. The fourth-order valence-corrected chi connectivity index (χ4v) is 3.25. The number of hydrogen-bond donors (Lipinski definition) is 4. The van der Waals surface area contributed by atoms with Crippen molar-refractivity contribution in [2.75, 3.05) is 6.61 Å². The second-order valence-corrected chi connectivity index (χ2v) is 7.92. The lowest BCUT2D eigenvalue weighted by atomic mass is 9.94. The molecule has 2 atom stereocenters. The molecule has 29 heavy (non-hydrogen) atoms. The third-order valence-electron chi connectivity index (χ3n) is 4.82. The highest BCUT2D eigenvalue weighted by Gasteiger charge is 2.26. The van der Waals surface area contributed by atoms with Gasteiger partial charge >= 0.3 is 5.97 Å². The average molecular weight is 407 g/mol. The molecule has 0 aliphatic carbocycles. The number of nitrogens with one attached hydrogen (secondary N) is 1. The summed E-state index contributed by atoms with van der Waals surface area (Å²) in [6.45, 7) is 4.01. The summed E-state index contributed by atoms with van der Waals surface area (Å²) in [6, 6.07) is 7.30. The van der Waals surface area contributed by atoms with Crippen molar-refractivity contribution >= 4 is 17.8 Å². The summed E-state index contributed by atoms with van der Waals surface area (Å²) >= 11 is 0. The molecule has 7 nitrogen and oxygen atoms in total. The number of aliphatic hydroxyl groups excluding tert-OH is 1. The number of nitrogens with two attached hydrogens (primary N) is 1. The number of rotatable bonds is 14. The molecule has 5 N–H and O–H groups in total. The molecule has 2 unspecified atom stereocenters. The maximum absolute atomic E-state index is 12.6. The normalized spacial score (nSPS) is 13.1. The van der Waals surface area contributed by atoms with E-state index in [1.807, 2.05) is 38.1 Å². The Labute approximate surface area is 172 Å². The summed E-state index contributed by atoms with van der Waals surface area (Å²) < 4.78 is 0. The molecule has 0 bridgehead atoms. The molecule has 0 radical (unpaired) electrons. The van der Waals surface area contributed by atoms with E-state index in [1.54, 1.807) is 0 Å². The zero-order valence-corrected chi connectivity index (χ0v) is 17.4. The van der Waals surface area contributed by atoms with E-state index in [-0.39, 0.29) is 18.9 Å². The molecular weight excluding hydrogens is 372 g/mol. The highest BCUT2D eigenvalue weighted by molar-refractivity contribution is 5.89. The van der Waals surface area contributed by atoms with Gasteiger partial charge in [0.1, 0.15) is 6.04 Å². The summed E-state index contributed by atoms with van der Waals surface area (Å²) in [5.41, 5.74) is 7.64.